The molecular weight excluding hydrogens is 426 g/mol. The van der Waals surface area contributed by atoms with Crippen molar-refractivity contribution >= 4 is 5.91 Å². The maximum atomic E-state index is 15.7. The second-order valence-corrected chi connectivity index (χ2v) is 10.5. The molecule has 0 aromatic rings. The van der Waals surface area contributed by atoms with Crippen molar-refractivity contribution in [3.63, 3.8) is 0 Å². The third-order valence-electron chi connectivity index (χ3n) is 7.41. The Morgan fingerprint density at radius 3 is 2.41 bits per heavy atom. The number of carbonyl (C=O) groups is 1. The molecule has 2 heterocycles. The molecule has 3 fully saturated rings. The molecule has 5 unspecified atom stereocenters. The highest BCUT2D eigenvalue weighted by molar-refractivity contribution is 5.79. The van der Waals surface area contributed by atoms with Crippen LogP contribution in [-0.4, -0.2) is 60.8 Å². The number of amides is 1. The highest BCUT2D eigenvalue weighted by Gasteiger charge is 2.48. The van der Waals surface area contributed by atoms with Gasteiger partial charge in [0, 0.05) is 19.3 Å². The Kier molecular flexibility index (Phi) is 8.44. The summed E-state index contributed by atoms with van der Waals surface area (Å²) < 4.78 is 55.0. The summed E-state index contributed by atoms with van der Waals surface area (Å²) in [5, 5.41) is 9.33. The second kappa shape index (κ2) is 10.5. The van der Waals surface area contributed by atoms with Crippen molar-refractivity contribution in [2.24, 2.45) is 29.4 Å². The summed E-state index contributed by atoms with van der Waals surface area (Å²) in [7, 11) is 0. The van der Waals surface area contributed by atoms with Gasteiger partial charge >= 0.3 is 6.18 Å². The Bertz CT molecular complexity index is 626. The van der Waals surface area contributed by atoms with Crippen molar-refractivity contribution in [1.29, 1.82) is 0 Å². The molecule has 0 spiro atoms. The number of alkyl halides is 4. The van der Waals surface area contributed by atoms with E-state index in [9.17, 15) is 18.0 Å². The number of nitrogens with zero attached hydrogens (tertiary/aromatic N) is 1. The average molecular weight is 466 g/mol. The Labute approximate surface area is 188 Å². The summed E-state index contributed by atoms with van der Waals surface area (Å²) in [5.74, 6) is -0.983. The zero-order valence-corrected chi connectivity index (χ0v) is 19.3. The molecule has 186 valence electrons. The fourth-order valence-electron chi connectivity index (χ4n) is 5.82. The van der Waals surface area contributed by atoms with Crippen molar-refractivity contribution in [3.8, 4) is 0 Å². The lowest BCUT2D eigenvalue weighted by Gasteiger charge is -2.45. The molecule has 3 aliphatic rings. The Hall–Kier alpha value is -0.970. The van der Waals surface area contributed by atoms with E-state index < -0.39 is 42.5 Å². The summed E-state index contributed by atoms with van der Waals surface area (Å²) in [6.45, 7) is 7.15. The molecule has 0 radical (unpaired) electrons. The van der Waals surface area contributed by atoms with Crippen LogP contribution in [0.2, 0.25) is 0 Å². The quantitative estimate of drug-likeness (QED) is 0.435. The molecule has 10 heteroatoms. The van der Waals surface area contributed by atoms with E-state index in [2.05, 4.69) is 27.8 Å². The smallest absolute Gasteiger partial charge is 0.368 e. The lowest BCUT2D eigenvalue weighted by molar-refractivity contribution is -0.185. The van der Waals surface area contributed by atoms with Crippen molar-refractivity contribution < 1.29 is 22.4 Å². The number of hydrogen-bond acceptors (Lipinski definition) is 5. The third kappa shape index (κ3) is 6.12. The fraction of sp³-hybridized carbons (Fsp3) is 0.955. The Morgan fingerprint density at radius 2 is 1.84 bits per heavy atom. The standard InChI is InChI=1S/C22H39F4N5O/c1-12(2)8-16(19(27)32)30-20-18(23)21(29-11-28-20)31-10-13(3)9-17(31)14-4-6-15(7-5-14)22(24,25)26/h12-18,20-21,28-30H,4-11H2,1-3H3,(H2,27,32)/t13?,14?,15?,16-,17?,18?,20?,21?/m1/s1. The average Bonchev–Trinajstić information content (AvgIpc) is 3.09. The minimum atomic E-state index is -4.12. The minimum absolute atomic E-state index is 0.0660. The first-order chi connectivity index (χ1) is 15.0. The topological polar surface area (TPSA) is 82.4 Å². The van der Waals surface area contributed by atoms with E-state index in [1.165, 1.54) is 0 Å². The number of rotatable bonds is 7. The molecule has 2 aliphatic heterocycles. The van der Waals surface area contributed by atoms with Crippen molar-refractivity contribution in [2.45, 2.75) is 96.1 Å². The fourth-order valence-corrected chi connectivity index (χ4v) is 5.82. The van der Waals surface area contributed by atoms with Gasteiger partial charge in [0.25, 0.3) is 0 Å². The maximum absolute atomic E-state index is 15.7. The summed E-state index contributed by atoms with van der Waals surface area (Å²) >= 11 is 0. The van der Waals surface area contributed by atoms with Gasteiger partial charge in [-0.15, -0.1) is 0 Å². The number of nitrogens with one attached hydrogen (secondary N) is 3. The number of hydrogen-bond donors (Lipinski definition) is 4. The van der Waals surface area contributed by atoms with Crippen LogP contribution in [0, 0.1) is 23.7 Å². The molecule has 0 bridgehead atoms. The van der Waals surface area contributed by atoms with E-state index in [0.29, 0.717) is 38.4 Å². The number of primary amides is 1. The second-order valence-electron chi connectivity index (χ2n) is 10.5. The Balaban J connectivity index is 1.66. The van der Waals surface area contributed by atoms with Crippen LogP contribution in [0.3, 0.4) is 0 Å². The summed E-state index contributed by atoms with van der Waals surface area (Å²) in [4.78, 5) is 14.0. The van der Waals surface area contributed by atoms with Crippen LogP contribution in [0.15, 0.2) is 0 Å². The van der Waals surface area contributed by atoms with Gasteiger partial charge in [0.1, 0.15) is 0 Å². The van der Waals surface area contributed by atoms with Crippen LogP contribution in [0.4, 0.5) is 17.6 Å². The molecule has 6 atom stereocenters. The van der Waals surface area contributed by atoms with Gasteiger partial charge in [0.2, 0.25) is 5.91 Å². The van der Waals surface area contributed by atoms with Gasteiger partial charge in [0.05, 0.1) is 24.3 Å². The van der Waals surface area contributed by atoms with Gasteiger partial charge in [-0.05, 0) is 56.3 Å². The molecule has 32 heavy (non-hydrogen) atoms. The van der Waals surface area contributed by atoms with E-state index in [1.54, 1.807) is 0 Å². The molecule has 0 aromatic heterocycles. The Morgan fingerprint density at radius 1 is 1.19 bits per heavy atom. The van der Waals surface area contributed by atoms with Gasteiger partial charge in [-0.2, -0.15) is 13.2 Å². The molecule has 1 saturated carbocycles. The first kappa shape index (κ1) is 25.6. The van der Waals surface area contributed by atoms with Crippen molar-refractivity contribution in [3.05, 3.63) is 0 Å². The van der Waals surface area contributed by atoms with Crippen LogP contribution >= 0.6 is 0 Å². The van der Waals surface area contributed by atoms with Crippen LogP contribution < -0.4 is 21.7 Å². The SMILES string of the molecule is CC(C)C[C@@H](NC1NCNC(N2CC(C)CC2C2CCC(C(F)(F)F)CC2)C1F)C(N)=O. The molecular formula is C22H39F4N5O. The molecule has 3 rings (SSSR count). The van der Waals surface area contributed by atoms with Crippen LogP contribution in [0.25, 0.3) is 0 Å². The summed E-state index contributed by atoms with van der Waals surface area (Å²) in [6.07, 6.45) is -3.99. The van der Waals surface area contributed by atoms with Gasteiger partial charge in [-0.3, -0.25) is 25.6 Å². The predicted octanol–water partition coefficient (Wildman–Crippen LogP) is 2.70. The molecule has 5 N–H and O–H groups in total. The van der Waals surface area contributed by atoms with E-state index >= 15 is 4.39 Å². The first-order valence-electron chi connectivity index (χ1n) is 12.0. The first-order valence-corrected chi connectivity index (χ1v) is 12.0. The van der Waals surface area contributed by atoms with E-state index in [-0.39, 0.29) is 30.7 Å². The number of carbonyl (C=O) groups excluding carboxylic acids is 1. The van der Waals surface area contributed by atoms with Crippen molar-refractivity contribution in [1.82, 2.24) is 20.9 Å². The van der Waals surface area contributed by atoms with Crippen LogP contribution in [0.5, 0.6) is 0 Å². The number of likely N-dealkylation sites (tertiary alicyclic amines) is 1. The molecule has 1 aliphatic carbocycles. The monoisotopic (exact) mass is 465 g/mol. The van der Waals surface area contributed by atoms with Crippen LogP contribution in [0.1, 0.15) is 59.3 Å². The highest BCUT2D eigenvalue weighted by atomic mass is 19.4. The van der Waals surface area contributed by atoms with Gasteiger partial charge in [-0.1, -0.05) is 20.8 Å². The summed E-state index contributed by atoms with van der Waals surface area (Å²) in [6, 6.07) is -0.563. The van der Waals surface area contributed by atoms with E-state index in [1.807, 2.05) is 13.8 Å². The van der Waals surface area contributed by atoms with E-state index in [0.717, 1.165) is 6.42 Å². The zero-order chi connectivity index (χ0) is 23.6. The number of nitrogens with two attached hydrogens (primary N) is 1. The lowest BCUT2D eigenvalue weighted by Crippen LogP contribution is -2.71. The normalized spacial score (nSPS) is 38.2. The van der Waals surface area contributed by atoms with Gasteiger partial charge in [0.15, 0.2) is 6.17 Å². The van der Waals surface area contributed by atoms with Gasteiger partial charge in [-0.25, -0.2) is 4.39 Å². The summed E-state index contributed by atoms with van der Waals surface area (Å²) in [5.41, 5.74) is 5.53. The number of halogens is 4. The zero-order valence-electron chi connectivity index (χ0n) is 19.3. The predicted molar refractivity (Wildman–Crippen MR) is 115 cm³/mol. The lowest BCUT2D eigenvalue weighted by atomic mass is 9.77. The maximum Gasteiger partial charge on any atom is 0.391 e. The molecule has 1 amide bonds. The minimum Gasteiger partial charge on any atom is -0.368 e. The van der Waals surface area contributed by atoms with Gasteiger partial charge < -0.3 is 5.73 Å². The van der Waals surface area contributed by atoms with E-state index in [4.69, 9.17) is 5.73 Å². The highest BCUT2D eigenvalue weighted by Crippen LogP contribution is 2.44. The van der Waals surface area contributed by atoms with Crippen molar-refractivity contribution in [2.75, 3.05) is 13.2 Å². The van der Waals surface area contributed by atoms with Crippen LogP contribution in [-0.2, 0) is 4.79 Å². The molecule has 2 saturated heterocycles. The molecule has 6 nitrogen and oxygen atoms in total. The largest absolute Gasteiger partial charge is 0.391 e. The third-order valence-corrected chi connectivity index (χ3v) is 7.41. The molecule has 0 aromatic carbocycles.